The van der Waals surface area contributed by atoms with Crippen LogP contribution in [0.15, 0.2) is 57.7 Å². The Balaban J connectivity index is 1.59. The molecule has 1 aliphatic rings. The zero-order chi connectivity index (χ0) is 19.5. The fourth-order valence-electron chi connectivity index (χ4n) is 3.68. The van der Waals surface area contributed by atoms with Gasteiger partial charge in [-0.3, -0.25) is 9.36 Å². The first-order valence-electron chi connectivity index (χ1n) is 9.64. The van der Waals surface area contributed by atoms with E-state index in [2.05, 4.69) is 0 Å². The summed E-state index contributed by atoms with van der Waals surface area (Å²) < 4.78 is 12.4. The Bertz CT molecular complexity index is 1030. The first-order valence-corrected chi connectivity index (χ1v) is 9.64. The number of aromatic nitrogens is 1. The predicted molar refractivity (Wildman–Crippen MR) is 106 cm³/mol. The molecule has 0 bridgehead atoms. The molecule has 6 nitrogen and oxygen atoms in total. The highest BCUT2D eigenvalue weighted by molar-refractivity contribution is 5.79. The van der Waals surface area contributed by atoms with Gasteiger partial charge in [0.2, 0.25) is 5.91 Å². The number of aryl methyl sites for hydroxylation is 1. The van der Waals surface area contributed by atoms with Crippen LogP contribution in [0.5, 0.6) is 0 Å². The summed E-state index contributed by atoms with van der Waals surface area (Å²) in [6, 6.07) is 15.2. The number of hydrogen-bond donors (Lipinski definition) is 0. The van der Waals surface area contributed by atoms with Gasteiger partial charge in [-0.2, -0.15) is 0 Å². The monoisotopic (exact) mass is 380 g/mol. The van der Waals surface area contributed by atoms with Crippen LogP contribution in [0.1, 0.15) is 24.0 Å². The van der Waals surface area contributed by atoms with Crippen molar-refractivity contribution >= 4 is 17.0 Å². The Morgan fingerprint density at radius 2 is 1.96 bits per heavy atom. The summed E-state index contributed by atoms with van der Waals surface area (Å²) in [4.78, 5) is 27.2. The number of benzene rings is 2. The largest absolute Gasteiger partial charge is 0.420 e. The highest BCUT2D eigenvalue weighted by Gasteiger charge is 2.24. The third-order valence-corrected chi connectivity index (χ3v) is 5.29. The van der Waals surface area contributed by atoms with Gasteiger partial charge in [0.15, 0.2) is 5.58 Å². The molecular weight excluding hydrogens is 356 g/mol. The van der Waals surface area contributed by atoms with Crippen LogP contribution < -0.4 is 5.76 Å². The topological polar surface area (TPSA) is 64.7 Å². The zero-order valence-corrected chi connectivity index (χ0v) is 16.0. The van der Waals surface area contributed by atoms with Crippen molar-refractivity contribution in [3.8, 4) is 0 Å². The minimum Gasteiger partial charge on any atom is -0.408 e. The lowest BCUT2D eigenvalue weighted by atomic mass is 10.1. The summed E-state index contributed by atoms with van der Waals surface area (Å²) in [5.41, 5.74) is 3.36. The maximum atomic E-state index is 13.2. The van der Waals surface area contributed by atoms with E-state index in [1.807, 2.05) is 37.3 Å². The van der Waals surface area contributed by atoms with E-state index in [-0.39, 0.29) is 18.6 Å². The van der Waals surface area contributed by atoms with Crippen molar-refractivity contribution in [2.45, 2.75) is 39.0 Å². The zero-order valence-electron chi connectivity index (χ0n) is 16.0. The second-order valence-electron chi connectivity index (χ2n) is 7.26. The Labute approximate surface area is 163 Å². The summed E-state index contributed by atoms with van der Waals surface area (Å²) in [7, 11) is 0. The first-order chi connectivity index (χ1) is 13.6. The van der Waals surface area contributed by atoms with Gasteiger partial charge in [0, 0.05) is 19.7 Å². The summed E-state index contributed by atoms with van der Waals surface area (Å²) in [5, 5.41) is 0. The molecule has 1 aromatic heterocycles. The number of fused-ring (bicyclic) bond motifs is 1. The van der Waals surface area contributed by atoms with Crippen molar-refractivity contribution in [2.24, 2.45) is 0 Å². The molecule has 28 heavy (non-hydrogen) atoms. The van der Waals surface area contributed by atoms with Crippen LogP contribution in [-0.4, -0.2) is 34.6 Å². The van der Waals surface area contributed by atoms with Crippen LogP contribution in [0.25, 0.3) is 11.1 Å². The number of carbonyl (C=O) groups excluding carboxylic acids is 1. The summed E-state index contributed by atoms with van der Waals surface area (Å²) in [6.45, 7) is 3.75. The highest BCUT2D eigenvalue weighted by atomic mass is 16.5. The number of rotatable bonds is 6. The molecule has 0 radical (unpaired) electrons. The van der Waals surface area contributed by atoms with Gasteiger partial charge in [-0.1, -0.05) is 36.4 Å². The average Bonchev–Trinajstić information content (AvgIpc) is 3.31. The van der Waals surface area contributed by atoms with E-state index < -0.39 is 5.76 Å². The molecule has 1 saturated heterocycles. The number of para-hydroxylation sites is 2. The fourth-order valence-corrected chi connectivity index (χ4v) is 3.68. The third-order valence-electron chi connectivity index (χ3n) is 5.29. The maximum absolute atomic E-state index is 13.2. The van der Waals surface area contributed by atoms with Gasteiger partial charge >= 0.3 is 5.76 Å². The molecular formula is C22H24N2O4. The van der Waals surface area contributed by atoms with E-state index in [0.29, 0.717) is 24.2 Å². The lowest BCUT2D eigenvalue weighted by Crippen LogP contribution is -2.40. The third kappa shape index (κ3) is 3.87. The second kappa shape index (κ2) is 8.02. The van der Waals surface area contributed by atoms with Crippen molar-refractivity contribution in [1.29, 1.82) is 0 Å². The molecule has 146 valence electrons. The molecule has 1 aliphatic heterocycles. The molecule has 3 aromatic rings. The molecule has 0 spiro atoms. The van der Waals surface area contributed by atoms with Gasteiger partial charge in [0.1, 0.15) is 6.54 Å². The summed E-state index contributed by atoms with van der Waals surface area (Å²) >= 11 is 0. The standard InChI is InChI=1S/C22H24N2O4/c1-16-7-2-3-8-17(16)13-23(14-18-9-6-12-27-18)21(25)15-24-19-10-4-5-11-20(19)28-22(24)26/h2-5,7-8,10-11,18H,6,9,12-15H2,1H3. The highest BCUT2D eigenvalue weighted by Crippen LogP contribution is 2.18. The SMILES string of the molecule is Cc1ccccc1CN(CC1CCCO1)C(=O)Cn1c(=O)oc2ccccc21. The molecule has 6 heteroatoms. The smallest absolute Gasteiger partial charge is 0.408 e. The molecule has 4 rings (SSSR count). The van der Waals surface area contributed by atoms with Gasteiger partial charge in [-0.25, -0.2) is 4.79 Å². The minimum absolute atomic E-state index is 0.0470. The Kier molecular flexibility index (Phi) is 5.30. The van der Waals surface area contributed by atoms with Gasteiger partial charge in [-0.15, -0.1) is 0 Å². The number of hydrogen-bond acceptors (Lipinski definition) is 4. The van der Waals surface area contributed by atoms with E-state index in [4.69, 9.17) is 9.15 Å². The quantitative estimate of drug-likeness (QED) is 0.659. The molecule has 0 aliphatic carbocycles. The van der Waals surface area contributed by atoms with E-state index in [0.717, 1.165) is 30.6 Å². The van der Waals surface area contributed by atoms with Crippen molar-refractivity contribution in [1.82, 2.24) is 9.47 Å². The first kappa shape index (κ1) is 18.5. The van der Waals surface area contributed by atoms with Crippen LogP contribution in [0.2, 0.25) is 0 Å². The van der Waals surface area contributed by atoms with Crippen molar-refractivity contribution in [3.63, 3.8) is 0 Å². The average molecular weight is 380 g/mol. The van der Waals surface area contributed by atoms with Crippen LogP contribution in [0.4, 0.5) is 0 Å². The normalized spacial score (nSPS) is 16.5. The minimum atomic E-state index is -0.512. The lowest BCUT2D eigenvalue weighted by molar-refractivity contribution is -0.134. The van der Waals surface area contributed by atoms with Crippen LogP contribution in [0, 0.1) is 6.92 Å². The Morgan fingerprint density at radius 1 is 1.18 bits per heavy atom. The molecule has 1 amide bonds. The molecule has 0 saturated carbocycles. The van der Waals surface area contributed by atoms with Crippen molar-refractivity contribution < 1.29 is 13.9 Å². The number of carbonyl (C=O) groups is 1. The number of ether oxygens (including phenoxy) is 1. The van der Waals surface area contributed by atoms with E-state index in [1.165, 1.54) is 4.57 Å². The fraction of sp³-hybridized carbons (Fsp3) is 0.364. The Morgan fingerprint density at radius 3 is 2.75 bits per heavy atom. The van der Waals surface area contributed by atoms with E-state index in [9.17, 15) is 9.59 Å². The summed E-state index contributed by atoms with van der Waals surface area (Å²) in [6.07, 6.45) is 2.01. The molecule has 1 atom stereocenters. The van der Waals surface area contributed by atoms with Crippen molar-refractivity contribution in [3.05, 3.63) is 70.2 Å². The number of amides is 1. The van der Waals surface area contributed by atoms with Crippen LogP contribution >= 0.6 is 0 Å². The Hall–Kier alpha value is -2.86. The molecule has 2 heterocycles. The van der Waals surface area contributed by atoms with Gasteiger partial charge in [0.25, 0.3) is 0 Å². The van der Waals surface area contributed by atoms with Gasteiger partial charge < -0.3 is 14.1 Å². The molecule has 2 aromatic carbocycles. The molecule has 1 unspecified atom stereocenters. The predicted octanol–water partition coefficient (Wildman–Crippen LogP) is 3.11. The maximum Gasteiger partial charge on any atom is 0.420 e. The van der Waals surface area contributed by atoms with Crippen LogP contribution in [0.3, 0.4) is 0 Å². The lowest BCUT2D eigenvalue weighted by Gasteiger charge is -2.26. The van der Waals surface area contributed by atoms with E-state index >= 15 is 0 Å². The summed E-state index contributed by atoms with van der Waals surface area (Å²) in [5.74, 6) is -0.630. The second-order valence-corrected chi connectivity index (χ2v) is 7.26. The number of nitrogens with zero attached hydrogens (tertiary/aromatic N) is 2. The van der Waals surface area contributed by atoms with E-state index in [1.54, 1.807) is 23.1 Å². The van der Waals surface area contributed by atoms with Crippen LogP contribution in [-0.2, 0) is 22.6 Å². The van der Waals surface area contributed by atoms with Crippen molar-refractivity contribution in [2.75, 3.05) is 13.2 Å². The van der Waals surface area contributed by atoms with Gasteiger partial charge in [-0.05, 0) is 43.0 Å². The molecule has 0 N–H and O–H groups in total. The molecule has 1 fully saturated rings. The number of oxazole rings is 1. The van der Waals surface area contributed by atoms with Gasteiger partial charge in [0.05, 0.1) is 11.6 Å².